The molecular weight excluding hydrogens is 819 g/mol. The number of benzene rings is 4. The molecule has 0 saturated carbocycles. The van der Waals surface area contributed by atoms with E-state index in [1.165, 1.54) is 11.3 Å². The van der Waals surface area contributed by atoms with Crippen LogP contribution < -0.4 is 29.1 Å². The average Bonchev–Trinajstić information content (AvgIpc) is 3.37. The number of methoxy groups -OCH3 is 1. The summed E-state index contributed by atoms with van der Waals surface area (Å²) >= 11 is 7.23. The summed E-state index contributed by atoms with van der Waals surface area (Å²) in [6.45, 7) is 7.97. The van der Waals surface area contributed by atoms with Gasteiger partial charge in [0, 0.05) is 0 Å². The Morgan fingerprint density at radius 1 is 1.08 bits per heavy atom. The zero-order chi connectivity index (χ0) is 34.8. The summed E-state index contributed by atoms with van der Waals surface area (Å²) in [6, 6.07) is 23.0. The molecule has 4 aromatic carbocycles. The predicted octanol–water partition coefficient (Wildman–Crippen LogP) is 7.69. The monoisotopic (exact) mass is 852 g/mol. The summed E-state index contributed by atoms with van der Waals surface area (Å²) in [7, 11) is 1.56. The third kappa shape index (κ3) is 7.20. The van der Waals surface area contributed by atoms with Crippen molar-refractivity contribution in [3.05, 3.63) is 128 Å². The minimum atomic E-state index is -0.781. The molecule has 5 aromatic rings. The SMILES string of the molecule is CCOC(=O)C1=C(C)N=c2s/c(=C\c3cc(Br)c(OCc4cccc5ccccc45)c(I)c3)c(=O)n2[C@H]1c1ccc(OC(C)C)c(OC)c1. The lowest BCUT2D eigenvalue weighted by Gasteiger charge is -2.25. The maximum absolute atomic E-state index is 14.2. The number of fused-ring (bicyclic) bond motifs is 2. The second kappa shape index (κ2) is 14.9. The number of esters is 1. The van der Waals surface area contributed by atoms with Gasteiger partial charge in [0.25, 0.3) is 5.56 Å². The van der Waals surface area contributed by atoms with Crippen LogP contribution in [0.5, 0.6) is 17.2 Å². The van der Waals surface area contributed by atoms with Crippen molar-refractivity contribution in [2.45, 2.75) is 46.4 Å². The molecule has 1 aromatic heterocycles. The third-order valence-corrected chi connectivity index (χ3v) is 10.3. The predicted molar refractivity (Wildman–Crippen MR) is 204 cm³/mol. The van der Waals surface area contributed by atoms with E-state index in [9.17, 15) is 9.59 Å². The maximum atomic E-state index is 14.2. The molecule has 1 aliphatic heterocycles. The Balaban J connectivity index is 1.39. The minimum Gasteiger partial charge on any atom is -0.493 e. The summed E-state index contributed by atoms with van der Waals surface area (Å²) in [6.07, 6.45) is 1.77. The molecule has 0 unspecified atom stereocenters. The van der Waals surface area contributed by atoms with E-state index >= 15 is 0 Å². The first-order valence-electron chi connectivity index (χ1n) is 15.7. The van der Waals surface area contributed by atoms with Crippen LogP contribution in [-0.2, 0) is 16.1 Å². The van der Waals surface area contributed by atoms with Crippen molar-refractivity contribution in [2.24, 2.45) is 4.99 Å². The van der Waals surface area contributed by atoms with Crippen LogP contribution in [0, 0.1) is 3.57 Å². The number of allylic oxidation sites excluding steroid dienone is 1. The maximum Gasteiger partial charge on any atom is 0.338 e. The van der Waals surface area contributed by atoms with Crippen molar-refractivity contribution in [3.8, 4) is 17.2 Å². The van der Waals surface area contributed by atoms with Crippen LogP contribution >= 0.6 is 49.9 Å². The van der Waals surface area contributed by atoms with E-state index in [2.05, 4.69) is 62.8 Å². The normalized spacial score (nSPS) is 14.5. The first kappa shape index (κ1) is 34.9. The lowest BCUT2D eigenvalue weighted by atomic mass is 9.95. The molecule has 0 spiro atoms. The molecule has 252 valence electrons. The molecule has 1 aliphatic rings. The molecular formula is C38H34BrIN2O6S. The fourth-order valence-corrected chi connectivity index (χ4v) is 8.65. The highest BCUT2D eigenvalue weighted by atomic mass is 127. The molecule has 0 fully saturated rings. The largest absolute Gasteiger partial charge is 0.493 e. The second-order valence-electron chi connectivity index (χ2n) is 11.6. The Kier molecular flexibility index (Phi) is 10.6. The first-order chi connectivity index (χ1) is 23.6. The summed E-state index contributed by atoms with van der Waals surface area (Å²) in [5, 5.41) is 2.32. The van der Waals surface area contributed by atoms with Crippen LogP contribution in [0.15, 0.2) is 98.3 Å². The number of halogens is 2. The number of carbonyl (C=O) groups excluding carboxylic acids is 1. The van der Waals surface area contributed by atoms with Gasteiger partial charge in [-0.3, -0.25) is 9.36 Å². The lowest BCUT2D eigenvalue weighted by molar-refractivity contribution is -0.139. The number of carbonyl (C=O) groups is 1. The van der Waals surface area contributed by atoms with Crippen molar-refractivity contribution < 1.29 is 23.7 Å². The van der Waals surface area contributed by atoms with Gasteiger partial charge < -0.3 is 18.9 Å². The van der Waals surface area contributed by atoms with Gasteiger partial charge in [-0.05, 0) is 124 Å². The van der Waals surface area contributed by atoms with Gasteiger partial charge in [-0.2, -0.15) is 0 Å². The second-order valence-corrected chi connectivity index (χ2v) is 14.6. The van der Waals surface area contributed by atoms with Crippen LogP contribution in [0.25, 0.3) is 16.8 Å². The molecule has 0 amide bonds. The Labute approximate surface area is 310 Å². The molecule has 0 aliphatic carbocycles. The van der Waals surface area contributed by atoms with Gasteiger partial charge in [0.15, 0.2) is 16.3 Å². The van der Waals surface area contributed by atoms with Gasteiger partial charge in [-0.25, -0.2) is 9.79 Å². The number of rotatable bonds is 10. The average molecular weight is 854 g/mol. The number of aromatic nitrogens is 1. The highest BCUT2D eigenvalue weighted by molar-refractivity contribution is 14.1. The molecule has 2 heterocycles. The molecule has 0 N–H and O–H groups in total. The quantitative estimate of drug-likeness (QED) is 0.106. The van der Waals surface area contributed by atoms with Crippen LogP contribution in [-0.4, -0.2) is 30.4 Å². The molecule has 0 saturated heterocycles. The number of hydrogen-bond acceptors (Lipinski definition) is 8. The van der Waals surface area contributed by atoms with E-state index < -0.39 is 12.0 Å². The van der Waals surface area contributed by atoms with Crippen molar-refractivity contribution in [3.63, 3.8) is 0 Å². The van der Waals surface area contributed by atoms with E-state index in [-0.39, 0.29) is 18.3 Å². The standard InChI is InChI=1S/C38H34BrIN2O6S/c1-6-46-37(44)33-22(4)41-38-42(34(33)25-14-15-30(48-21(2)3)31(19-25)45-5)36(43)32(49-38)18-23-16-28(39)35(29(40)17-23)47-20-26-12-9-11-24-10-7-8-13-27(24)26/h7-19,21,34H,6,20H2,1-5H3/b32-18-/t34-/m0/s1. The van der Waals surface area contributed by atoms with Crippen LogP contribution in [0.3, 0.4) is 0 Å². The number of hydrogen-bond donors (Lipinski definition) is 0. The lowest BCUT2D eigenvalue weighted by Crippen LogP contribution is -2.40. The van der Waals surface area contributed by atoms with Crippen molar-refractivity contribution in [2.75, 3.05) is 13.7 Å². The van der Waals surface area contributed by atoms with Crippen LogP contribution in [0.4, 0.5) is 0 Å². The van der Waals surface area contributed by atoms with Gasteiger partial charge >= 0.3 is 5.97 Å². The van der Waals surface area contributed by atoms with Gasteiger partial charge in [0.1, 0.15) is 12.4 Å². The van der Waals surface area contributed by atoms with E-state index in [0.717, 1.165) is 35.7 Å². The fraction of sp³-hybridized carbons (Fsp3) is 0.237. The molecule has 0 bridgehead atoms. The Morgan fingerprint density at radius 2 is 1.86 bits per heavy atom. The third-order valence-electron chi connectivity index (χ3n) is 7.95. The van der Waals surface area contributed by atoms with E-state index in [1.807, 2.05) is 56.3 Å². The van der Waals surface area contributed by atoms with Gasteiger partial charge in [-0.15, -0.1) is 0 Å². The molecule has 1 atom stereocenters. The van der Waals surface area contributed by atoms with E-state index in [1.54, 1.807) is 37.7 Å². The highest BCUT2D eigenvalue weighted by Gasteiger charge is 2.34. The van der Waals surface area contributed by atoms with Crippen molar-refractivity contribution >= 4 is 72.7 Å². The van der Waals surface area contributed by atoms with Crippen LogP contribution in [0.2, 0.25) is 0 Å². The number of ether oxygens (including phenoxy) is 4. The fourth-order valence-electron chi connectivity index (χ4n) is 5.83. The smallest absolute Gasteiger partial charge is 0.338 e. The van der Waals surface area contributed by atoms with Crippen molar-refractivity contribution in [1.29, 1.82) is 0 Å². The Bertz CT molecular complexity index is 2270. The molecule has 8 nitrogen and oxygen atoms in total. The molecule has 6 rings (SSSR count). The molecule has 0 radical (unpaired) electrons. The number of thiazole rings is 1. The molecule has 49 heavy (non-hydrogen) atoms. The minimum absolute atomic E-state index is 0.0670. The summed E-state index contributed by atoms with van der Waals surface area (Å²) < 4.78 is 27.1. The Hall–Kier alpha value is -3.94. The first-order valence-corrected chi connectivity index (χ1v) is 18.4. The zero-order valence-corrected chi connectivity index (χ0v) is 32.1. The van der Waals surface area contributed by atoms with E-state index in [4.69, 9.17) is 23.9 Å². The van der Waals surface area contributed by atoms with Crippen LogP contribution in [0.1, 0.15) is 50.4 Å². The number of nitrogens with zero attached hydrogens (tertiary/aromatic N) is 2. The molecule has 11 heteroatoms. The highest BCUT2D eigenvalue weighted by Crippen LogP contribution is 2.37. The topological polar surface area (TPSA) is 88.4 Å². The van der Waals surface area contributed by atoms with Crippen molar-refractivity contribution in [1.82, 2.24) is 4.57 Å². The van der Waals surface area contributed by atoms with Gasteiger partial charge in [0.2, 0.25) is 0 Å². The Morgan fingerprint density at radius 3 is 2.59 bits per heavy atom. The zero-order valence-electron chi connectivity index (χ0n) is 27.6. The van der Waals surface area contributed by atoms with E-state index in [0.29, 0.717) is 44.3 Å². The van der Waals surface area contributed by atoms with Gasteiger partial charge in [-0.1, -0.05) is 59.9 Å². The summed E-state index contributed by atoms with van der Waals surface area (Å²) in [5.74, 6) is 1.26. The summed E-state index contributed by atoms with van der Waals surface area (Å²) in [5.41, 5.74) is 3.09. The van der Waals surface area contributed by atoms with Gasteiger partial charge in [0.05, 0.1) is 49.7 Å². The summed E-state index contributed by atoms with van der Waals surface area (Å²) in [4.78, 5) is 32.8.